The van der Waals surface area contributed by atoms with E-state index < -0.39 is 33.3 Å². The lowest BCUT2D eigenvalue weighted by Gasteiger charge is -2.56. The Kier molecular flexibility index (Phi) is 6.68. The minimum absolute atomic E-state index is 0.105. The minimum atomic E-state index is -4.24. The van der Waals surface area contributed by atoms with Gasteiger partial charge >= 0.3 is 5.97 Å². The Bertz CT molecular complexity index is 1280. The molecule has 0 atom stereocenters. The molecule has 192 valence electrons. The number of benzene rings is 2. The predicted molar refractivity (Wildman–Crippen MR) is 133 cm³/mol. The van der Waals surface area contributed by atoms with Crippen molar-refractivity contribution >= 4 is 50.8 Å². The van der Waals surface area contributed by atoms with Gasteiger partial charge in [0.1, 0.15) is 10.7 Å². The molecule has 4 aliphatic rings. The number of rotatable bonds is 7. The molecule has 0 aromatic heterocycles. The summed E-state index contributed by atoms with van der Waals surface area (Å²) in [6.07, 6.45) is 6.60. The third kappa shape index (κ3) is 5.19. The van der Waals surface area contributed by atoms with Crippen molar-refractivity contribution in [2.24, 2.45) is 17.8 Å². The van der Waals surface area contributed by atoms with Crippen molar-refractivity contribution in [1.82, 2.24) is 5.32 Å². The summed E-state index contributed by atoms with van der Waals surface area (Å²) in [6, 6.07) is 6.80. The van der Waals surface area contributed by atoms with Gasteiger partial charge in [0.2, 0.25) is 0 Å². The van der Waals surface area contributed by atoms with E-state index in [9.17, 15) is 22.4 Å². The van der Waals surface area contributed by atoms with Crippen LogP contribution in [0.4, 0.5) is 10.1 Å². The average Bonchev–Trinajstić information content (AvgIpc) is 2.77. The summed E-state index contributed by atoms with van der Waals surface area (Å²) in [5.41, 5.74) is -0.361. The zero-order valence-electron chi connectivity index (χ0n) is 19.2. The van der Waals surface area contributed by atoms with Crippen molar-refractivity contribution in [2.75, 3.05) is 11.3 Å². The quantitative estimate of drug-likeness (QED) is 0.459. The number of hydrogen-bond acceptors (Lipinski definition) is 5. The number of halogens is 3. The van der Waals surface area contributed by atoms with Crippen LogP contribution in [0.1, 0.15) is 48.9 Å². The second-order valence-electron chi connectivity index (χ2n) is 10.2. The Hall–Kier alpha value is -2.36. The lowest BCUT2D eigenvalue weighted by molar-refractivity contribution is -0.130. The zero-order chi connectivity index (χ0) is 25.7. The first-order valence-electron chi connectivity index (χ1n) is 11.8. The van der Waals surface area contributed by atoms with Crippen LogP contribution in [0.5, 0.6) is 0 Å². The summed E-state index contributed by atoms with van der Waals surface area (Å²) in [5, 5.41) is 2.78. The monoisotopic (exact) mass is 554 g/mol. The van der Waals surface area contributed by atoms with Gasteiger partial charge in [-0.05, 0) is 92.7 Å². The number of carbonyl (C=O) groups excluding carboxylic acids is 2. The number of carbonyl (C=O) groups is 2. The smallest absolute Gasteiger partial charge is 0.340 e. The van der Waals surface area contributed by atoms with E-state index >= 15 is 0 Å². The van der Waals surface area contributed by atoms with Crippen LogP contribution in [-0.4, -0.2) is 32.4 Å². The highest BCUT2D eigenvalue weighted by molar-refractivity contribution is 7.92. The molecule has 4 fully saturated rings. The Morgan fingerprint density at radius 3 is 2.14 bits per heavy atom. The summed E-state index contributed by atoms with van der Waals surface area (Å²) in [6.45, 7) is -0.505. The summed E-state index contributed by atoms with van der Waals surface area (Å²) < 4.78 is 46.3. The van der Waals surface area contributed by atoms with Crippen LogP contribution in [0.15, 0.2) is 41.3 Å². The normalized spacial score (nSPS) is 26.5. The molecule has 2 aromatic rings. The van der Waals surface area contributed by atoms with E-state index in [1.165, 1.54) is 31.4 Å². The van der Waals surface area contributed by atoms with E-state index in [-0.39, 0.29) is 32.7 Å². The lowest BCUT2D eigenvalue weighted by Crippen LogP contribution is -2.60. The van der Waals surface area contributed by atoms with E-state index in [1.807, 2.05) is 0 Å². The highest BCUT2D eigenvalue weighted by atomic mass is 35.5. The maximum atomic E-state index is 13.1. The highest BCUT2D eigenvalue weighted by Crippen LogP contribution is 2.55. The second-order valence-corrected chi connectivity index (χ2v) is 12.7. The first-order chi connectivity index (χ1) is 17.0. The van der Waals surface area contributed by atoms with Gasteiger partial charge < -0.3 is 10.1 Å². The second kappa shape index (κ2) is 9.50. The maximum Gasteiger partial charge on any atom is 0.340 e. The fourth-order valence-corrected chi connectivity index (χ4v) is 8.33. The van der Waals surface area contributed by atoms with E-state index in [2.05, 4.69) is 10.0 Å². The molecule has 0 spiro atoms. The van der Waals surface area contributed by atoms with Crippen molar-refractivity contribution in [2.45, 2.75) is 49.0 Å². The van der Waals surface area contributed by atoms with E-state index in [0.717, 1.165) is 43.5 Å². The van der Waals surface area contributed by atoms with Crippen LogP contribution in [0.3, 0.4) is 0 Å². The van der Waals surface area contributed by atoms with Crippen molar-refractivity contribution in [3.8, 4) is 0 Å². The van der Waals surface area contributed by atoms with E-state index in [1.54, 1.807) is 0 Å². The maximum absolute atomic E-state index is 13.1. The van der Waals surface area contributed by atoms with Gasteiger partial charge in [0.05, 0.1) is 15.6 Å². The van der Waals surface area contributed by atoms with Gasteiger partial charge in [0.25, 0.3) is 15.9 Å². The lowest BCUT2D eigenvalue weighted by atomic mass is 9.53. The van der Waals surface area contributed by atoms with Gasteiger partial charge in [-0.3, -0.25) is 9.52 Å². The Labute approximate surface area is 218 Å². The molecule has 0 heterocycles. The number of amides is 1. The molecule has 1 amide bonds. The molecule has 0 radical (unpaired) electrons. The fraction of sp³-hybridized carbons (Fsp3) is 0.440. The Morgan fingerprint density at radius 1 is 0.972 bits per heavy atom. The van der Waals surface area contributed by atoms with Gasteiger partial charge in [-0.15, -0.1) is 0 Å². The minimum Gasteiger partial charge on any atom is -0.452 e. The van der Waals surface area contributed by atoms with Crippen LogP contribution < -0.4 is 10.0 Å². The Morgan fingerprint density at radius 2 is 1.56 bits per heavy atom. The molecule has 11 heteroatoms. The van der Waals surface area contributed by atoms with E-state index in [0.29, 0.717) is 17.8 Å². The SMILES string of the molecule is O=C(COC(=O)c1cc(S(=O)(=O)Nc2ccc(F)cc2)c(Cl)cc1Cl)NC12CC3CC(CC(C3)C1)C2. The molecule has 0 saturated heterocycles. The molecule has 7 nitrogen and oxygen atoms in total. The molecule has 2 aromatic carbocycles. The molecule has 36 heavy (non-hydrogen) atoms. The van der Waals surface area contributed by atoms with Crippen LogP contribution in [0.2, 0.25) is 10.0 Å². The topological polar surface area (TPSA) is 102 Å². The highest BCUT2D eigenvalue weighted by Gasteiger charge is 2.51. The third-order valence-electron chi connectivity index (χ3n) is 7.40. The van der Waals surface area contributed by atoms with Crippen molar-refractivity contribution < 1.29 is 27.1 Å². The van der Waals surface area contributed by atoms with Crippen LogP contribution in [-0.2, 0) is 19.6 Å². The van der Waals surface area contributed by atoms with E-state index in [4.69, 9.17) is 27.9 Å². The number of sulfonamides is 1. The number of anilines is 1. The largest absolute Gasteiger partial charge is 0.452 e. The number of ether oxygens (including phenoxy) is 1. The molecule has 0 unspecified atom stereocenters. The van der Waals surface area contributed by atoms with Crippen molar-refractivity contribution in [3.63, 3.8) is 0 Å². The first kappa shape index (κ1) is 25.3. The molecule has 2 N–H and O–H groups in total. The number of esters is 1. The molecule has 4 aliphatic carbocycles. The summed E-state index contributed by atoms with van der Waals surface area (Å²) in [7, 11) is -4.24. The number of hydrogen-bond donors (Lipinski definition) is 2. The molecule has 0 aliphatic heterocycles. The van der Waals surface area contributed by atoms with Gasteiger partial charge in [0, 0.05) is 11.2 Å². The average molecular weight is 555 g/mol. The molecule has 6 rings (SSSR count). The van der Waals surface area contributed by atoms with Crippen molar-refractivity contribution in [1.29, 1.82) is 0 Å². The fourth-order valence-electron chi connectivity index (χ4n) is 6.42. The summed E-state index contributed by atoms with van der Waals surface area (Å²) in [5.74, 6) is 0.0825. The molecular weight excluding hydrogens is 530 g/mol. The van der Waals surface area contributed by atoms with Crippen LogP contribution >= 0.6 is 23.2 Å². The van der Waals surface area contributed by atoms with Crippen molar-refractivity contribution in [3.05, 3.63) is 57.8 Å². The summed E-state index contributed by atoms with van der Waals surface area (Å²) >= 11 is 12.2. The molecular formula is C25H25Cl2FN2O5S. The predicted octanol–water partition coefficient (Wildman–Crippen LogP) is 5.18. The number of nitrogens with one attached hydrogen (secondary N) is 2. The van der Waals surface area contributed by atoms with Gasteiger partial charge in [-0.1, -0.05) is 23.2 Å². The standard InChI is InChI=1S/C25H25Cl2FN2O5S/c26-20-9-21(27)22(36(33,34)30-18-3-1-17(28)2-4-18)8-19(20)24(32)35-13-23(31)29-25-10-14-5-15(11-25)7-16(6-14)12-25/h1-4,8-9,14-16,30H,5-7,10-13H2,(H,29,31). The van der Waals surface area contributed by atoms with Gasteiger partial charge in [-0.2, -0.15) is 0 Å². The Balaban J connectivity index is 1.26. The molecule has 4 saturated carbocycles. The molecule has 4 bridgehead atoms. The third-order valence-corrected chi connectivity index (χ3v) is 9.56. The van der Waals surface area contributed by atoms with Gasteiger partial charge in [-0.25, -0.2) is 17.6 Å². The zero-order valence-corrected chi connectivity index (χ0v) is 21.6. The van der Waals surface area contributed by atoms with Crippen LogP contribution in [0, 0.1) is 23.6 Å². The summed E-state index contributed by atoms with van der Waals surface area (Å²) in [4.78, 5) is 25.0. The van der Waals surface area contributed by atoms with Crippen LogP contribution in [0.25, 0.3) is 0 Å². The first-order valence-corrected chi connectivity index (χ1v) is 14.0. The van der Waals surface area contributed by atoms with Gasteiger partial charge in [0.15, 0.2) is 6.61 Å².